The second-order valence-corrected chi connectivity index (χ2v) is 14.4. The Labute approximate surface area is 334 Å². The lowest BCUT2D eigenvalue weighted by Gasteiger charge is -2.30. The molecule has 0 heterocycles. The van der Waals surface area contributed by atoms with Crippen molar-refractivity contribution in [2.45, 2.75) is 0 Å². The van der Waals surface area contributed by atoms with Crippen LogP contribution in [-0.4, -0.2) is 0 Å². The molecule has 0 aliphatic heterocycles. The molecule has 0 atom stereocenters. The molecule has 0 saturated heterocycles. The summed E-state index contributed by atoms with van der Waals surface area (Å²) in [4.78, 5) is 2.42. The van der Waals surface area contributed by atoms with Gasteiger partial charge in [0.2, 0.25) is 0 Å². The molecule has 10 rings (SSSR count). The van der Waals surface area contributed by atoms with Crippen LogP contribution in [0, 0.1) is 0 Å². The lowest BCUT2D eigenvalue weighted by atomic mass is 9.83. The van der Waals surface area contributed by atoms with E-state index in [1.54, 1.807) is 0 Å². The molecule has 1 nitrogen and oxygen atoms in total. The molecule has 0 bridgehead atoms. The maximum atomic E-state index is 2.42. The van der Waals surface area contributed by atoms with Crippen LogP contribution >= 0.6 is 0 Å². The second kappa shape index (κ2) is 15.0. The topological polar surface area (TPSA) is 3.24 Å². The van der Waals surface area contributed by atoms with E-state index >= 15 is 0 Å². The number of benzene rings is 10. The molecule has 1 heteroatoms. The third-order valence-corrected chi connectivity index (χ3v) is 11.1. The largest absolute Gasteiger partial charge is 0.309 e. The quantitative estimate of drug-likeness (QED) is 0.141. The highest BCUT2D eigenvalue weighted by atomic mass is 15.1. The van der Waals surface area contributed by atoms with E-state index in [9.17, 15) is 0 Å². The number of hydrogen-bond donors (Lipinski definition) is 0. The van der Waals surface area contributed by atoms with Gasteiger partial charge >= 0.3 is 0 Å². The first-order chi connectivity index (χ1) is 28.3. The van der Waals surface area contributed by atoms with Crippen molar-refractivity contribution >= 4 is 38.6 Å². The van der Waals surface area contributed by atoms with Crippen molar-refractivity contribution in [3.05, 3.63) is 237 Å². The highest BCUT2D eigenvalue weighted by Gasteiger charge is 2.23. The zero-order chi connectivity index (χ0) is 38.0. The van der Waals surface area contributed by atoms with Gasteiger partial charge in [0.1, 0.15) is 0 Å². The van der Waals surface area contributed by atoms with E-state index in [0.29, 0.717) is 0 Å². The highest BCUT2D eigenvalue weighted by molar-refractivity contribution is 6.25. The van der Waals surface area contributed by atoms with Gasteiger partial charge in [-0.15, -0.1) is 0 Å². The number of para-hydroxylation sites is 2. The summed E-state index contributed by atoms with van der Waals surface area (Å²) in [5, 5.41) is 5.01. The minimum atomic E-state index is 1.09. The van der Waals surface area contributed by atoms with Crippen LogP contribution in [0.3, 0.4) is 0 Å². The summed E-state index contributed by atoms with van der Waals surface area (Å²) in [7, 11) is 0. The first kappa shape index (κ1) is 34.0. The Hall–Kier alpha value is -7.48. The van der Waals surface area contributed by atoms with Gasteiger partial charge in [-0.1, -0.05) is 212 Å². The molecule has 0 aromatic heterocycles. The van der Waals surface area contributed by atoms with E-state index < -0.39 is 0 Å². The molecule has 0 aliphatic rings. The average Bonchev–Trinajstić information content (AvgIpc) is 3.30. The summed E-state index contributed by atoms with van der Waals surface area (Å²) in [5.74, 6) is 0. The number of rotatable bonds is 8. The van der Waals surface area contributed by atoms with Gasteiger partial charge in [0, 0.05) is 22.5 Å². The van der Waals surface area contributed by atoms with Crippen LogP contribution in [0.5, 0.6) is 0 Å². The zero-order valence-corrected chi connectivity index (χ0v) is 31.5. The van der Waals surface area contributed by atoms with Gasteiger partial charge in [-0.3, -0.25) is 0 Å². The van der Waals surface area contributed by atoms with E-state index in [2.05, 4.69) is 241 Å². The molecule has 10 aromatic rings. The molecular formula is C56H39N. The van der Waals surface area contributed by atoms with Crippen LogP contribution in [0.25, 0.3) is 77.2 Å². The Bertz CT molecular complexity index is 2900. The lowest BCUT2D eigenvalue weighted by Crippen LogP contribution is -2.12. The van der Waals surface area contributed by atoms with Crippen LogP contribution in [0.1, 0.15) is 0 Å². The third-order valence-electron chi connectivity index (χ3n) is 11.1. The molecule has 0 spiro atoms. The van der Waals surface area contributed by atoms with Gasteiger partial charge in [0.25, 0.3) is 0 Å². The predicted octanol–water partition coefficient (Wildman–Crippen LogP) is 15.8. The van der Waals surface area contributed by atoms with Crippen LogP contribution < -0.4 is 4.90 Å². The van der Waals surface area contributed by atoms with Crippen LogP contribution in [0.4, 0.5) is 17.1 Å². The summed E-state index contributed by atoms with van der Waals surface area (Å²) >= 11 is 0. The highest BCUT2D eigenvalue weighted by Crippen LogP contribution is 2.49. The molecule has 0 unspecified atom stereocenters. The molecule has 0 fully saturated rings. The van der Waals surface area contributed by atoms with E-state index in [1.165, 1.54) is 77.2 Å². The van der Waals surface area contributed by atoms with Crippen molar-refractivity contribution in [2.75, 3.05) is 4.90 Å². The van der Waals surface area contributed by atoms with Gasteiger partial charge < -0.3 is 4.90 Å². The molecule has 10 aromatic carbocycles. The van der Waals surface area contributed by atoms with E-state index in [1.807, 2.05) is 0 Å². The Morgan fingerprint density at radius 2 is 0.596 bits per heavy atom. The molecular weight excluding hydrogens is 687 g/mol. The smallest absolute Gasteiger partial charge is 0.0618 e. The fraction of sp³-hybridized carbons (Fsp3) is 0. The van der Waals surface area contributed by atoms with Crippen LogP contribution in [-0.2, 0) is 0 Å². The first-order valence-corrected chi connectivity index (χ1v) is 19.6. The van der Waals surface area contributed by atoms with E-state index in [0.717, 1.165) is 17.1 Å². The molecule has 57 heavy (non-hydrogen) atoms. The standard InChI is InChI=1S/C56H39N/c1-6-20-40(21-7-1)48-33-19-34-49(41-22-8-2-9-23-41)56(48)57(45-28-14-5-15-29-45)46-38-36-42(37-39-46)47-32-18-35-52-54(44-26-12-4-13-27-44)53(43-24-10-3-11-25-43)50-30-16-17-31-51(50)55(47)52/h1-39H. The van der Waals surface area contributed by atoms with Crippen molar-refractivity contribution in [1.29, 1.82) is 0 Å². The fourth-order valence-electron chi connectivity index (χ4n) is 8.55. The van der Waals surface area contributed by atoms with Crippen molar-refractivity contribution in [3.63, 3.8) is 0 Å². The molecule has 0 amide bonds. The summed E-state index contributed by atoms with van der Waals surface area (Å²) in [6, 6.07) is 85.5. The van der Waals surface area contributed by atoms with Gasteiger partial charge in [0.05, 0.1) is 5.69 Å². The van der Waals surface area contributed by atoms with Gasteiger partial charge in [0.15, 0.2) is 0 Å². The monoisotopic (exact) mass is 725 g/mol. The molecule has 0 aliphatic carbocycles. The SMILES string of the molecule is c1ccc(-c2cccc(-c3ccccc3)c2N(c2ccccc2)c2ccc(-c3cccc4c(-c5ccccc5)c(-c5ccccc5)c5ccccc5c34)cc2)cc1. The Morgan fingerprint density at radius 3 is 1.14 bits per heavy atom. The predicted molar refractivity (Wildman–Crippen MR) is 243 cm³/mol. The van der Waals surface area contributed by atoms with Crippen LogP contribution in [0.2, 0.25) is 0 Å². The number of fused-ring (bicyclic) bond motifs is 3. The average molecular weight is 726 g/mol. The number of hydrogen-bond acceptors (Lipinski definition) is 1. The Morgan fingerprint density at radius 1 is 0.228 bits per heavy atom. The Kier molecular flexibility index (Phi) is 8.95. The third kappa shape index (κ3) is 6.26. The maximum Gasteiger partial charge on any atom is 0.0618 e. The minimum Gasteiger partial charge on any atom is -0.309 e. The number of anilines is 3. The van der Waals surface area contributed by atoms with Crippen molar-refractivity contribution < 1.29 is 0 Å². The maximum absolute atomic E-state index is 2.42. The second-order valence-electron chi connectivity index (χ2n) is 14.4. The van der Waals surface area contributed by atoms with Gasteiger partial charge in [-0.2, -0.15) is 0 Å². The van der Waals surface area contributed by atoms with Crippen molar-refractivity contribution in [3.8, 4) is 55.6 Å². The van der Waals surface area contributed by atoms with Crippen LogP contribution in [0.15, 0.2) is 237 Å². The lowest BCUT2D eigenvalue weighted by molar-refractivity contribution is 1.28. The van der Waals surface area contributed by atoms with Gasteiger partial charge in [-0.25, -0.2) is 0 Å². The normalized spacial score (nSPS) is 11.2. The summed E-state index contributed by atoms with van der Waals surface area (Å²) < 4.78 is 0. The van der Waals surface area contributed by atoms with E-state index in [-0.39, 0.29) is 0 Å². The molecule has 0 radical (unpaired) electrons. The van der Waals surface area contributed by atoms with Gasteiger partial charge in [-0.05, 0) is 90.3 Å². The minimum absolute atomic E-state index is 1.09. The van der Waals surface area contributed by atoms with E-state index in [4.69, 9.17) is 0 Å². The summed E-state index contributed by atoms with van der Waals surface area (Å²) in [6.45, 7) is 0. The first-order valence-electron chi connectivity index (χ1n) is 19.6. The number of nitrogens with zero attached hydrogens (tertiary/aromatic N) is 1. The Balaban J connectivity index is 1.20. The van der Waals surface area contributed by atoms with Crippen molar-refractivity contribution in [1.82, 2.24) is 0 Å². The molecule has 0 saturated carbocycles. The summed E-state index contributed by atoms with van der Waals surface area (Å²) in [6.07, 6.45) is 0. The molecule has 0 N–H and O–H groups in total. The summed E-state index contributed by atoms with van der Waals surface area (Å²) in [5.41, 5.74) is 15.4. The fourth-order valence-corrected chi connectivity index (χ4v) is 8.55. The van der Waals surface area contributed by atoms with Crippen molar-refractivity contribution in [2.24, 2.45) is 0 Å². The zero-order valence-electron chi connectivity index (χ0n) is 31.5. The molecule has 268 valence electrons.